The SMILES string of the molecule is CN(C)CCNC(=O)c1cccc(CNC(=O)C2(N)CCCCC2)c1.Cl.Cl. The summed E-state index contributed by atoms with van der Waals surface area (Å²) >= 11 is 0. The van der Waals surface area contributed by atoms with E-state index in [2.05, 4.69) is 10.6 Å². The fraction of sp³-hybridized carbons (Fsp3) is 0.579. The Kier molecular flexibility index (Phi) is 11.6. The van der Waals surface area contributed by atoms with E-state index in [9.17, 15) is 9.59 Å². The molecule has 0 atom stereocenters. The highest BCUT2D eigenvalue weighted by atomic mass is 35.5. The van der Waals surface area contributed by atoms with Gasteiger partial charge < -0.3 is 21.3 Å². The standard InChI is InChI=1S/C19H30N4O2.2ClH/c1-23(2)12-11-21-17(24)16-8-6-7-15(13-16)14-22-18(25)19(20)9-4-3-5-10-19;;/h6-8,13H,3-5,9-12,14,20H2,1-2H3,(H,21,24)(H,22,25);2*1H. The zero-order chi connectivity index (χ0) is 18.3. The first-order valence-electron chi connectivity index (χ1n) is 9.00. The Hall–Kier alpha value is -1.34. The van der Waals surface area contributed by atoms with Gasteiger partial charge in [-0.3, -0.25) is 9.59 Å². The quantitative estimate of drug-likeness (QED) is 0.632. The van der Waals surface area contributed by atoms with E-state index in [1.54, 1.807) is 6.07 Å². The molecule has 2 amide bonds. The Morgan fingerprint density at radius 1 is 1.11 bits per heavy atom. The largest absolute Gasteiger partial charge is 0.351 e. The Morgan fingerprint density at radius 3 is 2.41 bits per heavy atom. The van der Waals surface area contributed by atoms with Gasteiger partial charge in [-0.2, -0.15) is 0 Å². The number of nitrogens with two attached hydrogens (primary N) is 1. The van der Waals surface area contributed by atoms with Gasteiger partial charge in [-0.25, -0.2) is 0 Å². The topological polar surface area (TPSA) is 87.5 Å². The second kappa shape index (κ2) is 12.2. The van der Waals surface area contributed by atoms with Crippen molar-refractivity contribution in [2.75, 3.05) is 27.2 Å². The van der Waals surface area contributed by atoms with E-state index in [0.717, 1.165) is 44.2 Å². The molecule has 0 unspecified atom stereocenters. The van der Waals surface area contributed by atoms with Gasteiger partial charge in [0.25, 0.3) is 5.91 Å². The Morgan fingerprint density at radius 2 is 1.78 bits per heavy atom. The van der Waals surface area contributed by atoms with Crippen molar-refractivity contribution in [2.24, 2.45) is 5.73 Å². The van der Waals surface area contributed by atoms with Crippen LogP contribution in [0.3, 0.4) is 0 Å². The van der Waals surface area contributed by atoms with E-state index in [1.807, 2.05) is 37.2 Å². The van der Waals surface area contributed by atoms with Gasteiger partial charge in [0, 0.05) is 25.2 Å². The van der Waals surface area contributed by atoms with Gasteiger partial charge in [-0.15, -0.1) is 24.8 Å². The van der Waals surface area contributed by atoms with Crippen LogP contribution in [0.15, 0.2) is 24.3 Å². The first kappa shape index (κ1) is 25.7. The molecule has 0 aliphatic heterocycles. The summed E-state index contributed by atoms with van der Waals surface area (Å²) in [7, 11) is 3.93. The van der Waals surface area contributed by atoms with Crippen LogP contribution in [0.2, 0.25) is 0 Å². The van der Waals surface area contributed by atoms with Crippen molar-refractivity contribution in [3.8, 4) is 0 Å². The third-order valence-electron chi connectivity index (χ3n) is 4.68. The van der Waals surface area contributed by atoms with Gasteiger partial charge in [0.1, 0.15) is 0 Å². The summed E-state index contributed by atoms with van der Waals surface area (Å²) in [6.07, 6.45) is 4.65. The van der Waals surface area contributed by atoms with Gasteiger partial charge in [0.15, 0.2) is 0 Å². The maximum absolute atomic E-state index is 12.4. The number of amides is 2. The number of benzene rings is 1. The van der Waals surface area contributed by atoms with Crippen molar-refractivity contribution in [1.82, 2.24) is 15.5 Å². The lowest BCUT2D eigenvalue weighted by molar-refractivity contribution is -0.127. The average Bonchev–Trinajstić information content (AvgIpc) is 2.60. The number of rotatable bonds is 7. The van der Waals surface area contributed by atoms with Crippen LogP contribution in [0.25, 0.3) is 0 Å². The number of nitrogens with zero attached hydrogens (tertiary/aromatic N) is 1. The normalized spacial score (nSPS) is 15.3. The van der Waals surface area contributed by atoms with Crippen LogP contribution in [0.1, 0.15) is 48.0 Å². The molecule has 0 saturated heterocycles. The van der Waals surface area contributed by atoms with Crippen LogP contribution in [-0.4, -0.2) is 49.4 Å². The van der Waals surface area contributed by atoms with E-state index in [1.165, 1.54) is 0 Å². The van der Waals surface area contributed by atoms with Crippen LogP contribution in [0.4, 0.5) is 0 Å². The molecule has 0 aromatic heterocycles. The minimum atomic E-state index is -0.737. The molecule has 4 N–H and O–H groups in total. The van der Waals surface area contributed by atoms with Crippen molar-refractivity contribution in [3.05, 3.63) is 35.4 Å². The summed E-state index contributed by atoms with van der Waals surface area (Å²) < 4.78 is 0. The maximum atomic E-state index is 12.4. The molecule has 1 aliphatic rings. The number of carbonyl (C=O) groups excluding carboxylic acids is 2. The molecule has 27 heavy (non-hydrogen) atoms. The van der Waals surface area contributed by atoms with E-state index in [4.69, 9.17) is 5.73 Å². The summed E-state index contributed by atoms with van der Waals surface area (Å²) in [5, 5.41) is 5.82. The van der Waals surface area contributed by atoms with Crippen LogP contribution in [0.5, 0.6) is 0 Å². The number of carbonyl (C=O) groups is 2. The zero-order valence-corrected chi connectivity index (χ0v) is 17.8. The highest BCUT2D eigenvalue weighted by Crippen LogP contribution is 2.26. The number of likely N-dealkylation sites (N-methyl/N-ethyl adjacent to an activating group) is 1. The summed E-state index contributed by atoms with van der Waals surface area (Å²) in [6.45, 7) is 1.78. The molecule has 1 saturated carbocycles. The predicted molar refractivity (Wildman–Crippen MR) is 114 cm³/mol. The fourth-order valence-corrected chi connectivity index (χ4v) is 3.09. The second-order valence-electron chi connectivity index (χ2n) is 7.16. The van der Waals surface area contributed by atoms with Crippen molar-refractivity contribution >= 4 is 36.6 Å². The van der Waals surface area contributed by atoms with Crippen molar-refractivity contribution in [1.29, 1.82) is 0 Å². The Labute approximate surface area is 174 Å². The highest BCUT2D eigenvalue weighted by molar-refractivity contribution is 5.94. The van der Waals surface area contributed by atoms with Gasteiger partial charge in [0.2, 0.25) is 5.91 Å². The van der Waals surface area contributed by atoms with Crippen molar-refractivity contribution < 1.29 is 9.59 Å². The summed E-state index contributed by atoms with van der Waals surface area (Å²) in [6, 6.07) is 7.33. The second-order valence-corrected chi connectivity index (χ2v) is 7.16. The summed E-state index contributed by atoms with van der Waals surface area (Å²) in [4.78, 5) is 26.6. The molecule has 0 radical (unpaired) electrons. The first-order valence-corrected chi connectivity index (χ1v) is 9.00. The lowest BCUT2D eigenvalue weighted by atomic mass is 9.82. The molecule has 6 nitrogen and oxygen atoms in total. The van der Waals surface area contributed by atoms with Crippen LogP contribution >= 0.6 is 24.8 Å². The zero-order valence-electron chi connectivity index (χ0n) is 16.1. The predicted octanol–water partition coefficient (Wildman–Crippen LogP) is 2.10. The Balaban J connectivity index is 0.00000338. The van der Waals surface area contributed by atoms with Gasteiger partial charge in [-0.1, -0.05) is 31.4 Å². The van der Waals surface area contributed by atoms with Gasteiger partial charge in [-0.05, 0) is 44.6 Å². The molecule has 0 spiro atoms. The molecule has 0 heterocycles. The molecule has 1 aromatic carbocycles. The first-order chi connectivity index (χ1) is 11.9. The Bertz CT molecular complexity index is 605. The molecule has 1 aliphatic carbocycles. The van der Waals surface area contributed by atoms with E-state index >= 15 is 0 Å². The van der Waals surface area contributed by atoms with Crippen molar-refractivity contribution in [2.45, 2.75) is 44.2 Å². The van der Waals surface area contributed by atoms with Crippen LogP contribution in [0, 0.1) is 0 Å². The third-order valence-corrected chi connectivity index (χ3v) is 4.68. The summed E-state index contributed by atoms with van der Waals surface area (Å²) in [5.74, 6) is -0.189. The van der Waals surface area contributed by atoms with Crippen LogP contribution in [-0.2, 0) is 11.3 Å². The minimum Gasteiger partial charge on any atom is -0.351 e. The molecular formula is C19H32Cl2N4O2. The van der Waals surface area contributed by atoms with E-state index < -0.39 is 5.54 Å². The van der Waals surface area contributed by atoms with Crippen molar-refractivity contribution in [3.63, 3.8) is 0 Å². The molecular weight excluding hydrogens is 387 g/mol. The maximum Gasteiger partial charge on any atom is 0.251 e. The number of nitrogens with one attached hydrogen (secondary N) is 2. The van der Waals surface area contributed by atoms with E-state index in [0.29, 0.717) is 18.7 Å². The van der Waals surface area contributed by atoms with Gasteiger partial charge >= 0.3 is 0 Å². The summed E-state index contributed by atoms with van der Waals surface area (Å²) in [5.41, 5.74) is 7.01. The lowest BCUT2D eigenvalue weighted by Crippen LogP contribution is -2.54. The molecule has 2 rings (SSSR count). The molecule has 154 valence electrons. The average molecular weight is 419 g/mol. The number of halogens is 2. The minimum absolute atomic E-state index is 0. The van der Waals surface area contributed by atoms with Crippen LogP contribution < -0.4 is 16.4 Å². The monoisotopic (exact) mass is 418 g/mol. The smallest absolute Gasteiger partial charge is 0.251 e. The third kappa shape index (κ3) is 8.05. The number of hydrogen-bond acceptors (Lipinski definition) is 4. The number of hydrogen-bond donors (Lipinski definition) is 3. The lowest BCUT2D eigenvalue weighted by Gasteiger charge is -2.31. The highest BCUT2D eigenvalue weighted by Gasteiger charge is 2.34. The van der Waals surface area contributed by atoms with Gasteiger partial charge in [0.05, 0.1) is 5.54 Å². The molecule has 1 fully saturated rings. The molecule has 0 bridgehead atoms. The van der Waals surface area contributed by atoms with E-state index in [-0.39, 0.29) is 36.6 Å². The molecule has 1 aromatic rings. The molecule has 8 heteroatoms. The fourth-order valence-electron chi connectivity index (χ4n) is 3.09.